The van der Waals surface area contributed by atoms with Crippen LogP contribution < -0.4 is 35.7 Å². The first-order valence-corrected chi connectivity index (χ1v) is 28.6. The van der Waals surface area contributed by atoms with Crippen LogP contribution in [0.4, 0.5) is 17.1 Å². The van der Waals surface area contributed by atoms with Gasteiger partial charge in [-0.15, -0.1) is 0 Å². The molecular formula is C58H68N9O11PS. The van der Waals surface area contributed by atoms with E-state index >= 15 is 0 Å². The van der Waals surface area contributed by atoms with Gasteiger partial charge in [0, 0.05) is 63.6 Å². The van der Waals surface area contributed by atoms with E-state index in [0.717, 1.165) is 21.9 Å². The first kappa shape index (κ1) is 60.3. The summed E-state index contributed by atoms with van der Waals surface area (Å²) in [6, 6.07) is 39.6. The van der Waals surface area contributed by atoms with Crippen LogP contribution in [0.25, 0.3) is 6.08 Å². The maximum Gasteiger partial charge on any atom is 0.330 e. The lowest BCUT2D eigenvalue weighted by Crippen LogP contribution is -2.48. The van der Waals surface area contributed by atoms with E-state index in [1.807, 2.05) is 154 Å². The van der Waals surface area contributed by atoms with Gasteiger partial charge in [-0.3, -0.25) is 23.8 Å². The second kappa shape index (κ2) is 27.2. The molecule has 0 saturated carbocycles. The summed E-state index contributed by atoms with van der Waals surface area (Å²) in [4.78, 5) is 44.6. The van der Waals surface area contributed by atoms with Crippen LogP contribution in [0, 0.1) is 11.3 Å². The molecule has 6 aromatic rings. The summed E-state index contributed by atoms with van der Waals surface area (Å²) in [5.74, 6) is 0.581. The van der Waals surface area contributed by atoms with Gasteiger partial charge in [-0.1, -0.05) is 54.6 Å². The first-order chi connectivity index (χ1) is 38.3. The third kappa shape index (κ3) is 14.3. The van der Waals surface area contributed by atoms with Crippen molar-refractivity contribution in [1.82, 2.24) is 24.3 Å². The fourth-order valence-corrected chi connectivity index (χ4v) is 12.8. The first-order valence-electron chi connectivity index (χ1n) is 25.9. The van der Waals surface area contributed by atoms with Gasteiger partial charge in [0.1, 0.15) is 37.7 Å². The van der Waals surface area contributed by atoms with E-state index in [9.17, 15) is 33.2 Å². The van der Waals surface area contributed by atoms with Crippen LogP contribution in [0.2, 0.25) is 0 Å². The van der Waals surface area contributed by atoms with Crippen LogP contribution in [0.3, 0.4) is 0 Å². The summed E-state index contributed by atoms with van der Waals surface area (Å²) in [5, 5.41) is 32.2. The normalized spacial score (nSPS) is 17.1. The third-order valence-electron chi connectivity index (χ3n) is 13.2. The number of ether oxygens (including phenoxy) is 4. The lowest BCUT2D eigenvalue weighted by atomic mass is 9.80. The zero-order valence-corrected chi connectivity index (χ0v) is 47.7. The van der Waals surface area contributed by atoms with Crippen molar-refractivity contribution < 1.29 is 41.8 Å². The zero-order valence-electron chi connectivity index (χ0n) is 46.0. The molecule has 1 aliphatic rings. The van der Waals surface area contributed by atoms with Gasteiger partial charge in [-0.05, 0) is 123 Å². The minimum Gasteiger partial charge on any atom is -0.497 e. The maximum atomic E-state index is 13.9. The number of methoxy groups -OCH3 is 2. The van der Waals surface area contributed by atoms with E-state index in [0.29, 0.717) is 34.0 Å². The van der Waals surface area contributed by atoms with Crippen LogP contribution in [-0.4, -0.2) is 112 Å². The predicted octanol–water partition coefficient (Wildman–Crippen LogP) is 8.49. The number of aliphatic hydroxyl groups is 1. The van der Waals surface area contributed by atoms with Gasteiger partial charge < -0.3 is 38.8 Å². The summed E-state index contributed by atoms with van der Waals surface area (Å²) in [6.45, 7) is 7.33. The molecule has 20 nitrogen and oxygen atoms in total. The van der Waals surface area contributed by atoms with E-state index < -0.39 is 58.8 Å². The molecule has 5 aromatic carbocycles. The third-order valence-corrected chi connectivity index (χ3v) is 17.6. The van der Waals surface area contributed by atoms with E-state index in [-0.39, 0.29) is 61.7 Å². The van der Waals surface area contributed by atoms with Crippen molar-refractivity contribution in [1.29, 1.82) is 5.26 Å². The zero-order chi connectivity index (χ0) is 57.6. The number of amides is 1. The molecule has 7 rings (SSSR count). The fourth-order valence-electron chi connectivity index (χ4n) is 9.26. The Bertz CT molecular complexity index is 3300. The lowest BCUT2D eigenvalue weighted by Gasteiger charge is -2.46. The summed E-state index contributed by atoms with van der Waals surface area (Å²) in [6.07, 6.45) is 0.897. The second-order valence-electron chi connectivity index (χ2n) is 19.4. The minimum absolute atomic E-state index is 0.0117. The molecule has 4 N–H and O–H groups in total. The van der Waals surface area contributed by atoms with Gasteiger partial charge in [0.15, 0.2) is 5.34 Å². The number of rotatable bonds is 26. The highest BCUT2D eigenvalue weighted by Crippen LogP contribution is 2.62. The molecule has 0 aliphatic carbocycles. The van der Waals surface area contributed by atoms with Crippen LogP contribution in [0.1, 0.15) is 69.0 Å². The summed E-state index contributed by atoms with van der Waals surface area (Å²) in [5.41, 5.74) is 1.17. The van der Waals surface area contributed by atoms with Crippen molar-refractivity contribution in [2.24, 2.45) is 10.2 Å². The fraction of sp³-hybridized carbons (Fsp3) is 0.345. The molecule has 1 amide bonds. The topological polar surface area (TPSA) is 251 Å². The van der Waals surface area contributed by atoms with Crippen molar-refractivity contribution in [2.45, 2.75) is 80.8 Å². The number of nitriles is 1. The Hall–Kier alpha value is -7.38. The molecule has 4 atom stereocenters. The van der Waals surface area contributed by atoms with Crippen molar-refractivity contribution >= 4 is 47.4 Å². The number of H-pyrrole nitrogens is 1. The number of hydrogen-bond donors (Lipinski definition) is 4. The molecule has 1 fully saturated rings. The number of carbonyl (C=O) groups is 1. The summed E-state index contributed by atoms with van der Waals surface area (Å²) >= 11 is 0. The maximum absolute atomic E-state index is 13.9. The standard InChI is InChI=1S/C58H68N9O11PS/c1-40(2)67(41(3)4)79(77-36-12-33-59)57(71)37-54(78-52(57)39-76-58(43-13-10-9-11-14-43,44-16-26-49(74-7)27-17-44)45-18-28-50(75-8)29-19-45)66-38-42(55(69)62-56(66)70)15-32-53(68)60-34-35-61-80(72,73)51-30-22-47(23-31-51)64-63-46-20-24-48(25-21-46)65(5)6/h9-11,13-32,38,40-41,52,54,61,71H,12,34-37,39H2,1-8H3,(H,60,68)(H,62,69,70)/b32-15+,64-63?/t52-,54-,57-,79?/m1/s1. The van der Waals surface area contributed by atoms with Crippen molar-refractivity contribution in [3.8, 4) is 17.6 Å². The number of aromatic amines is 1. The molecule has 2 heterocycles. The summed E-state index contributed by atoms with van der Waals surface area (Å²) < 4.78 is 63.6. The van der Waals surface area contributed by atoms with Crippen molar-refractivity contribution in [3.63, 3.8) is 0 Å². The quantitative estimate of drug-likeness (QED) is 0.0131. The highest BCUT2D eigenvalue weighted by atomic mass is 32.2. The Morgan fingerprint density at radius 3 is 1.98 bits per heavy atom. The minimum atomic E-state index is -3.97. The highest BCUT2D eigenvalue weighted by Gasteiger charge is 2.58. The number of azo groups is 1. The summed E-state index contributed by atoms with van der Waals surface area (Å²) in [7, 11) is 1.00. The lowest BCUT2D eigenvalue weighted by molar-refractivity contribution is -0.116. The van der Waals surface area contributed by atoms with E-state index in [2.05, 4.69) is 31.3 Å². The molecule has 1 aliphatic heterocycles. The van der Waals surface area contributed by atoms with E-state index in [1.165, 1.54) is 36.5 Å². The van der Waals surface area contributed by atoms with Crippen molar-refractivity contribution in [3.05, 3.63) is 183 Å². The Morgan fingerprint density at radius 1 is 0.875 bits per heavy atom. The van der Waals surface area contributed by atoms with Gasteiger partial charge in [-0.2, -0.15) is 15.5 Å². The Kier molecular flexibility index (Phi) is 20.5. The van der Waals surface area contributed by atoms with Gasteiger partial charge in [0.25, 0.3) is 5.56 Å². The number of hydrogen-bond acceptors (Lipinski definition) is 16. The number of nitrogens with one attached hydrogen (secondary N) is 3. The van der Waals surface area contributed by atoms with Gasteiger partial charge in [0.05, 0.1) is 61.8 Å². The average molecular weight is 1130 g/mol. The van der Waals surface area contributed by atoms with Crippen molar-refractivity contribution in [2.75, 3.05) is 59.5 Å². The molecule has 1 saturated heterocycles. The second-order valence-corrected chi connectivity index (χ2v) is 23.2. The number of aromatic nitrogens is 2. The molecule has 80 heavy (non-hydrogen) atoms. The molecule has 422 valence electrons. The van der Waals surface area contributed by atoms with Crippen LogP contribution >= 0.6 is 8.30 Å². The molecule has 0 bridgehead atoms. The van der Waals surface area contributed by atoms with Gasteiger partial charge >= 0.3 is 5.69 Å². The Balaban J connectivity index is 1.13. The number of carbonyl (C=O) groups excluding carboxylic acids is 1. The van der Waals surface area contributed by atoms with Gasteiger partial charge in [0.2, 0.25) is 15.9 Å². The molecular weight excluding hydrogens is 1060 g/mol. The molecule has 1 aromatic heterocycles. The van der Waals surface area contributed by atoms with Gasteiger partial charge in [-0.25, -0.2) is 17.9 Å². The Labute approximate surface area is 467 Å². The number of benzene rings is 5. The molecule has 0 radical (unpaired) electrons. The van der Waals surface area contributed by atoms with E-state index in [4.69, 9.17) is 23.5 Å². The average Bonchev–Trinajstić information content (AvgIpc) is 3.90. The monoisotopic (exact) mass is 1130 g/mol. The largest absolute Gasteiger partial charge is 0.497 e. The van der Waals surface area contributed by atoms with E-state index in [1.54, 1.807) is 14.2 Å². The number of anilines is 1. The smallest absolute Gasteiger partial charge is 0.330 e. The predicted molar refractivity (Wildman–Crippen MR) is 307 cm³/mol. The molecule has 0 spiro atoms. The van der Waals surface area contributed by atoms with Crippen LogP contribution in [-0.2, 0) is 34.4 Å². The number of nitrogens with zero attached hydrogens (tertiary/aromatic N) is 6. The number of sulfonamides is 1. The molecule has 22 heteroatoms. The SMILES string of the molecule is COc1ccc(C(OC[C@H]2O[C@@H](n3cc(/C=C/C(=O)NCCNS(=O)(=O)c4ccc(N=Nc5ccc(N(C)C)cc5)cc4)c(=O)[nH]c3=O)C[C@@]2(O)P(OCCC#N)N(C(C)C)C(C)C)(c2ccccc2)c2ccc(OC)cc2)cc1. The highest BCUT2D eigenvalue weighted by molar-refractivity contribution is 7.89. The van der Waals surface area contributed by atoms with Crippen LogP contribution in [0.15, 0.2) is 164 Å². The molecule has 1 unspecified atom stereocenters. The Morgan fingerprint density at radius 2 is 1.44 bits per heavy atom. The van der Waals surface area contributed by atoms with Crippen LogP contribution in [0.5, 0.6) is 11.5 Å².